The summed E-state index contributed by atoms with van der Waals surface area (Å²) in [5.74, 6) is 1.61. The highest BCUT2D eigenvalue weighted by atomic mass is 32.1. The Morgan fingerprint density at radius 3 is 2.89 bits per heavy atom. The van der Waals surface area contributed by atoms with Crippen molar-refractivity contribution in [2.45, 2.75) is 6.92 Å². The van der Waals surface area contributed by atoms with Crippen molar-refractivity contribution in [1.82, 2.24) is 4.98 Å². The first-order valence-corrected chi connectivity index (χ1v) is 6.53. The lowest BCUT2D eigenvalue weighted by Crippen LogP contribution is -1.87. The smallest absolute Gasteiger partial charge is 0.185 e. The minimum atomic E-state index is 0.303. The molecule has 2 aromatic heterocycles. The van der Waals surface area contributed by atoms with Gasteiger partial charge in [0.2, 0.25) is 0 Å². The number of nitrogens with zero attached hydrogens (tertiary/aromatic N) is 1. The zero-order valence-electron chi connectivity index (χ0n) is 10.5. The second kappa shape index (κ2) is 4.51. The van der Waals surface area contributed by atoms with Crippen LogP contribution in [0.4, 0.5) is 0 Å². The topological polar surface area (TPSA) is 52.3 Å². The van der Waals surface area contributed by atoms with E-state index in [2.05, 4.69) is 4.98 Å². The van der Waals surface area contributed by atoms with Gasteiger partial charge in [-0.05, 0) is 25.1 Å². The predicted octanol–water partition coefficient (Wildman–Crippen LogP) is 3.69. The fraction of sp³-hybridized carbons (Fsp3) is 0.143. The second-order valence-corrected chi connectivity index (χ2v) is 5.31. The van der Waals surface area contributed by atoms with E-state index in [0.29, 0.717) is 23.6 Å². The van der Waals surface area contributed by atoms with Crippen LogP contribution in [-0.2, 0) is 0 Å². The minimum Gasteiger partial charge on any atom is -0.496 e. The monoisotopic (exact) mass is 273 g/mol. The van der Waals surface area contributed by atoms with E-state index in [4.69, 9.17) is 9.15 Å². The Morgan fingerprint density at radius 1 is 1.37 bits per heavy atom. The highest BCUT2D eigenvalue weighted by Crippen LogP contribution is 2.36. The van der Waals surface area contributed by atoms with Crippen molar-refractivity contribution in [2.24, 2.45) is 0 Å². The quantitative estimate of drug-likeness (QED) is 0.683. The van der Waals surface area contributed by atoms with Gasteiger partial charge in [0.15, 0.2) is 12.0 Å². The second-order valence-electron chi connectivity index (χ2n) is 4.07. The summed E-state index contributed by atoms with van der Waals surface area (Å²) in [7, 11) is 1.60. The Labute approximate surface area is 113 Å². The highest BCUT2D eigenvalue weighted by molar-refractivity contribution is 7.18. The lowest BCUT2D eigenvalue weighted by molar-refractivity contribution is 0.110. The average Bonchev–Trinajstić information content (AvgIpc) is 3.01. The Hall–Kier alpha value is -2.14. The van der Waals surface area contributed by atoms with Crippen LogP contribution in [0.2, 0.25) is 0 Å². The number of thiazole rings is 1. The average molecular weight is 273 g/mol. The van der Waals surface area contributed by atoms with E-state index < -0.39 is 0 Å². The fourth-order valence-electron chi connectivity index (χ4n) is 1.99. The molecule has 96 valence electrons. The van der Waals surface area contributed by atoms with Crippen molar-refractivity contribution in [1.29, 1.82) is 0 Å². The molecule has 0 radical (unpaired) electrons. The molecule has 4 nitrogen and oxygen atoms in total. The minimum absolute atomic E-state index is 0.303. The molecule has 0 unspecified atom stereocenters. The summed E-state index contributed by atoms with van der Waals surface area (Å²) in [4.78, 5) is 15.1. The SMILES string of the molecule is COc1cc2nc(C)sc2cc1-c1ccc(C=O)o1. The maximum absolute atomic E-state index is 10.7. The highest BCUT2D eigenvalue weighted by Gasteiger charge is 2.13. The third-order valence-corrected chi connectivity index (χ3v) is 3.76. The summed E-state index contributed by atoms with van der Waals surface area (Å²) < 4.78 is 11.9. The first-order valence-electron chi connectivity index (χ1n) is 5.72. The number of benzene rings is 1. The molecule has 0 saturated carbocycles. The fourth-order valence-corrected chi connectivity index (χ4v) is 2.84. The molecule has 5 heteroatoms. The summed E-state index contributed by atoms with van der Waals surface area (Å²) in [5.41, 5.74) is 1.73. The van der Waals surface area contributed by atoms with Crippen molar-refractivity contribution < 1.29 is 13.9 Å². The molecule has 3 aromatic rings. The van der Waals surface area contributed by atoms with Gasteiger partial charge in [0.1, 0.15) is 11.5 Å². The van der Waals surface area contributed by atoms with Crippen LogP contribution in [0.5, 0.6) is 5.75 Å². The van der Waals surface area contributed by atoms with E-state index in [9.17, 15) is 4.79 Å². The van der Waals surface area contributed by atoms with Gasteiger partial charge < -0.3 is 9.15 Å². The van der Waals surface area contributed by atoms with E-state index in [0.717, 1.165) is 20.8 Å². The number of furan rings is 1. The Morgan fingerprint density at radius 2 is 2.21 bits per heavy atom. The molecule has 2 heterocycles. The van der Waals surface area contributed by atoms with Gasteiger partial charge in [-0.1, -0.05) is 0 Å². The number of fused-ring (bicyclic) bond motifs is 1. The van der Waals surface area contributed by atoms with Crippen molar-refractivity contribution in [2.75, 3.05) is 7.11 Å². The number of hydrogen-bond acceptors (Lipinski definition) is 5. The van der Waals surface area contributed by atoms with Gasteiger partial charge in [0.05, 0.1) is 27.9 Å². The van der Waals surface area contributed by atoms with E-state index in [1.165, 1.54) is 0 Å². The number of rotatable bonds is 3. The zero-order valence-corrected chi connectivity index (χ0v) is 11.3. The number of ether oxygens (including phenoxy) is 1. The van der Waals surface area contributed by atoms with Crippen LogP contribution in [0.15, 0.2) is 28.7 Å². The van der Waals surface area contributed by atoms with Crippen molar-refractivity contribution in [3.8, 4) is 17.1 Å². The third kappa shape index (κ3) is 2.02. The summed E-state index contributed by atoms with van der Waals surface area (Å²) >= 11 is 1.61. The zero-order chi connectivity index (χ0) is 13.4. The molecule has 0 spiro atoms. The first-order chi connectivity index (χ1) is 9.21. The summed E-state index contributed by atoms with van der Waals surface area (Å²) in [6, 6.07) is 7.27. The van der Waals surface area contributed by atoms with Gasteiger partial charge in [0.25, 0.3) is 0 Å². The normalized spacial score (nSPS) is 10.8. The van der Waals surface area contributed by atoms with E-state index >= 15 is 0 Å². The standard InChI is InChI=1S/C14H11NO3S/c1-8-15-11-6-13(17-2)10(5-14(11)19-8)12-4-3-9(7-16)18-12/h3-7H,1-2H3. The number of carbonyl (C=O) groups is 1. The summed E-state index contributed by atoms with van der Waals surface area (Å²) in [6.45, 7) is 1.97. The first kappa shape index (κ1) is 11.9. The van der Waals surface area contributed by atoms with Crippen molar-refractivity contribution >= 4 is 27.8 Å². The molecule has 3 rings (SSSR count). The van der Waals surface area contributed by atoms with E-state index in [1.54, 1.807) is 30.6 Å². The molecule has 19 heavy (non-hydrogen) atoms. The van der Waals surface area contributed by atoms with E-state index in [-0.39, 0.29) is 0 Å². The summed E-state index contributed by atoms with van der Waals surface area (Å²) in [6.07, 6.45) is 0.686. The van der Waals surface area contributed by atoms with Crippen molar-refractivity contribution in [3.05, 3.63) is 35.0 Å². The Balaban J connectivity index is 2.22. The van der Waals surface area contributed by atoms with Crippen molar-refractivity contribution in [3.63, 3.8) is 0 Å². The number of aryl methyl sites for hydroxylation is 1. The lowest BCUT2D eigenvalue weighted by Gasteiger charge is -2.05. The molecule has 0 atom stereocenters. The molecular weight excluding hydrogens is 262 g/mol. The largest absolute Gasteiger partial charge is 0.496 e. The molecular formula is C14H11NO3S. The van der Waals surface area contributed by atoms with Gasteiger partial charge in [-0.2, -0.15) is 0 Å². The summed E-state index contributed by atoms with van der Waals surface area (Å²) in [5, 5.41) is 1.00. The molecule has 0 N–H and O–H groups in total. The molecule has 1 aromatic carbocycles. The molecule has 0 amide bonds. The molecule has 0 fully saturated rings. The lowest BCUT2D eigenvalue weighted by atomic mass is 10.1. The number of hydrogen-bond donors (Lipinski definition) is 0. The van der Waals surface area contributed by atoms with Crippen LogP contribution in [0.1, 0.15) is 15.6 Å². The maximum Gasteiger partial charge on any atom is 0.185 e. The number of carbonyl (C=O) groups excluding carboxylic acids is 1. The van der Waals surface area contributed by atoms with Crippen LogP contribution in [0.25, 0.3) is 21.5 Å². The number of methoxy groups -OCH3 is 1. The van der Waals surface area contributed by atoms with Crippen LogP contribution in [0, 0.1) is 6.92 Å². The maximum atomic E-state index is 10.7. The molecule has 0 aliphatic carbocycles. The number of aromatic nitrogens is 1. The van der Waals surface area contributed by atoms with Gasteiger partial charge in [0, 0.05) is 6.07 Å². The van der Waals surface area contributed by atoms with Crippen LogP contribution in [0.3, 0.4) is 0 Å². The molecule has 0 aliphatic rings. The van der Waals surface area contributed by atoms with Crippen LogP contribution < -0.4 is 4.74 Å². The van der Waals surface area contributed by atoms with Crippen LogP contribution in [-0.4, -0.2) is 18.4 Å². The van der Waals surface area contributed by atoms with E-state index in [1.807, 2.05) is 19.1 Å². The third-order valence-electron chi connectivity index (χ3n) is 2.83. The predicted molar refractivity (Wildman–Crippen MR) is 74.0 cm³/mol. The Bertz CT molecular complexity index is 757. The van der Waals surface area contributed by atoms with Gasteiger partial charge >= 0.3 is 0 Å². The number of aldehydes is 1. The van der Waals surface area contributed by atoms with Gasteiger partial charge in [-0.3, -0.25) is 4.79 Å². The molecule has 0 saturated heterocycles. The Kier molecular flexibility index (Phi) is 2.83. The molecule has 0 aliphatic heterocycles. The molecule has 0 bridgehead atoms. The van der Waals surface area contributed by atoms with Gasteiger partial charge in [-0.15, -0.1) is 11.3 Å². The van der Waals surface area contributed by atoms with Crippen LogP contribution >= 0.6 is 11.3 Å². The van der Waals surface area contributed by atoms with Gasteiger partial charge in [-0.25, -0.2) is 4.98 Å².